The molecule has 0 aliphatic carbocycles. The van der Waals surface area contributed by atoms with Gasteiger partial charge in [0.2, 0.25) is 0 Å². The van der Waals surface area contributed by atoms with Gasteiger partial charge >= 0.3 is 0 Å². The Morgan fingerprint density at radius 3 is 2.48 bits per heavy atom. The maximum absolute atomic E-state index is 2.42. The first-order valence-electron chi connectivity index (χ1n) is 8.24. The summed E-state index contributed by atoms with van der Waals surface area (Å²) in [5.74, 6) is 0.817. The molecule has 0 spiro atoms. The molecule has 0 N–H and O–H groups in total. The summed E-state index contributed by atoms with van der Waals surface area (Å²) in [7, 11) is 0. The summed E-state index contributed by atoms with van der Waals surface area (Å²) in [5.41, 5.74) is 4.20. The summed E-state index contributed by atoms with van der Waals surface area (Å²) in [6.45, 7) is 7.88. The summed E-state index contributed by atoms with van der Waals surface area (Å²) in [5, 5.41) is 2.80. The van der Waals surface area contributed by atoms with Crippen molar-refractivity contribution in [3.05, 3.63) is 48.0 Å². The Labute approximate surface area is 127 Å². The van der Waals surface area contributed by atoms with E-state index in [0.717, 1.165) is 12.5 Å². The van der Waals surface area contributed by atoms with Crippen LogP contribution in [0.2, 0.25) is 0 Å². The van der Waals surface area contributed by atoms with Gasteiger partial charge in [0, 0.05) is 28.4 Å². The minimum atomic E-state index is 0.817. The number of hydrogen-bond donors (Lipinski definition) is 0. The molecule has 1 aromatic heterocycles. The van der Waals surface area contributed by atoms with Crippen molar-refractivity contribution in [3.8, 4) is 0 Å². The second kappa shape index (κ2) is 5.93. The summed E-state index contributed by atoms with van der Waals surface area (Å²) in [6.07, 6.45) is 3.75. The zero-order valence-electron chi connectivity index (χ0n) is 13.4. The van der Waals surface area contributed by atoms with Gasteiger partial charge in [0.1, 0.15) is 0 Å². The highest BCUT2D eigenvalue weighted by Gasteiger charge is 2.09. The van der Waals surface area contributed by atoms with Gasteiger partial charge in [-0.15, -0.1) is 0 Å². The van der Waals surface area contributed by atoms with E-state index in [1.54, 1.807) is 0 Å². The summed E-state index contributed by atoms with van der Waals surface area (Å²) < 4.78 is 2.42. The SMILES string of the molecule is CCC(C)CCc1ccc2c(c1)c1ccccc1n2CC. The van der Waals surface area contributed by atoms with Gasteiger partial charge < -0.3 is 4.57 Å². The minimum Gasteiger partial charge on any atom is -0.341 e. The maximum Gasteiger partial charge on any atom is 0.0491 e. The lowest BCUT2D eigenvalue weighted by Crippen LogP contribution is -1.96. The molecule has 110 valence electrons. The van der Waals surface area contributed by atoms with Gasteiger partial charge in [-0.25, -0.2) is 0 Å². The number of benzene rings is 2. The number of para-hydroxylation sites is 1. The Kier molecular flexibility index (Phi) is 4.01. The number of fused-ring (bicyclic) bond motifs is 3. The molecule has 0 aliphatic rings. The van der Waals surface area contributed by atoms with Crippen molar-refractivity contribution in [1.29, 1.82) is 0 Å². The van der Waals surface area contributed by atoms with Gasteiger partial charge in [0.25, 0.3) is 0 Å². The van der Waals surface area contributed by atoms with Crippen LogP contribution >= 0.6 is 0 Å². The van der Waals surface area contributed by atoms with E-state index < -0.39 is 0 Å². The molecular formula is C20H25N. The largest absolute Gasteiger partial charge is 0.341 e. The second-order valence-electron chi connectivity index (χ2n) is 6.17. The van der Waals surface area contributed by atoms with Crippen molar-refractivity contribution < 1.29 is 0 Å². The van der Waals surface area contributed by atoms with Crippen molar-refractivity contribution in [2.24, 2.45) is 5.92 Å². The van der Waals surface area contributed by atoms with Gasteiger partial charge in [-0.3, -0.25) is 0 Å². The van der Waals surface area contributed by atoms with E-state index in [1.807, 2.05) is 0 Å². The lowest BCUT2D eigenvalue weighted by atomic mass is 9.98. The van der Waals surface area contributed by atoms with Crippen LogP contribution in [0.25, 0.3) is 21.8 Å². The first kappa shape index (κ1) is 14.2. The number of aromatic nitrogens is 1. The Hall–Kier alpha value is -1.76. The van der Waals surface area contributed by atoms with Gasteiger partial charge in [-0.1, -0.05) is 44.5 Å². The molecular weight excluding hydrogens is 254 g/mol. The van der Waals surface area contributed by atoms with Crippen LogP contribution in [0.4, 0.5) is 0 Å². The maximum atomic E-state index is 2.42. The molecule has 0 aliphatic heterocycles. The molecule has 21 heavy (non-hydrogen) atoms. The lowest BCUT2D eigenvalue weighted by Gasteiger charge is -2.08. The van der Waals surface area contributed by atoms with E-state index in [1.165, 1.54) is 46.6 Å². The Morgan fingerprint density at radius 1 is 0.952 bits per heavy atom. The van der Waals surface area contributed by atoms with Crippen molar-refractivity contribution >= 4 is 21.8 Å². The fourth-order valence-corrected chi connectivity index (χ4v) is 3.21. The standard InChI is InChI=1S/C20H25N/c1-4-15(3)10-11-16-12-13-20-18(14-16)17-8-6-7-9-19(17)21(20)5-2/h6-9,12-15H,4-5,10-11H2,1-3H3. The van der Waals surface area contributed by atoms with Gasteiger partial charge in [-0.05, 0) is 49.4 Å². The van der Waals surface area contributed by atoms with E-state index in [9.17, 15) is 0 Å². The fraction of sp³-hybridized carbons (Fsp3) is 0.400. The van der Waals surface area contributed by atoms with E-state index >= 15 is 0 Å². The number of hydrogen-bond acceptors (Lipinski definition) is 0. The number of aryl methyl sites for hydroxylation is 2. The van der Waals surface area contributed by atoms with Crippen LogP contribution in [0.15, 0.2) is 42.5 Å². The Morgan fingerprint density at radius 2 is 1.71 bits per heavy atom. The first-order valence-corrected chi connectivity index (χ1v) is 8.24. The monoisotopic (exact) mass is 279 g/mol. The molecule has 1 nitrogen and oxygen atoms in total. The summed E-state index contributed by atoms with van der Waals surface area (Å²) in [6, 6.07) is 15.8. The van der Waals surface area contributed by atoms with Crippen molar-refractivity contribution in [2.45, 2.75) is 46.6 Å². The zero-order valence-corrected chi connectivity index (χ0v) is 13.4. The topological polar surface area (TPSA) is 4.93 Å². The molecule has 2 aromatic carbocycles. The highest BCUT2D eigenvalue weighted by Crippen LogP contribution is 2.30. The van der Waals surface area contributed by atoms with Crippen LogP contribution in [0.5, 0.6) is 0 Å². The average molecular weight is 279 g/mol. The third-order valence-electron chi connectivity index (χ3n) is 4.78. The second-order valence-corrected chi connectivity index (χ2v) is 6.17. The Bertz CT molecular complexity index is 751. The molecule has 1 atom stereocenters. The fourth-order valence-electron chi connectivity index (χ4n) is 3.21. The normalized spacial score (nSPS) is 13.1. The van der Waals surface area contributed by atoms with Crippen molar-refractivity contribution in [1.82, 2.24) is 4.57 Å². The van der Waals surface area contributed by atoms with Gasteiger partial charge in [0.15, 0.2) is 0 Å². The number of nitrogens with zero attached hydrogens (tertiary/aromatic N) is 1. The van der Waals surface area contributed by atoms with Gasteiger partial charge in [0.05, 0.1) is 0 Å². The average Bonchev–Trinajstić information content (AvgIpc) is 2.85. The highest BCUT2D eigenvalue weighted by molar-refractivity contribution is 6.08. The highest BCUT2D eigenvalue weighted by atomic mass is 15.0. The third-order valence-corrected chi connectivity index (χ3v) is 4.78. The lowest BCUT2D eigenvalue weighted by molar-refractivity contribution is 0.517. The van der Waals surface area contributed by atoms with E-state index in [4.69, 9.17) is 0 Å². The molecule has 3 aromatic rings. The van der Waals surface area contributed by atoms with Crippen LogP contribution < -0.4 is 0 Å². The smallest absolute Gasteiger partial charge is 0.0491 e. The summed E-state index contributed by atoms with van der Waals surface area (Å²) >= 11 is 0. The van der Waals surface area contributed by atoms with Crippen molar-refractivity contribution in [3.63, 3.8) is 0 Å². The molecule has 0 amide bonds. The molecule has 0 fully saturated rings. The van der Waals surface area contributed by atoms with Crippen LogP contribution in [0.3, 0.4) is 0 Å². The molecule has 1 heterocycles. The summed E-state index contributed by atoms with van der Waals surface area (Å²) in [4.78, 5) is 0. The van der Waals surface area contributed by atoms with Crippen LogP contribution in [-0.4, -0.2) is 4.57 Å². The van der Waals surface area contributed by atoms with Crippen LogP contribution in [-0.2, 0) is 13.0 Å². The predicted molar refractivity (Wildman–Crippen MR) is 92.9 cm³/mol. The molecule has 1 heteroatoms. The first-order chi connectivity index (χ1) is 10.2. The minimum absolute atomic E-state index is 0.817. The molecule has 0 radical (unpaired) electrons. The quantitative estimate of drug-likeness (QED) is 0.557. The van der Waals surface area contributed by atoms with E-state index in [0.29, 0.717) is 0 Å². The van der Waals surface area contributed by atoms with Gasteiger partial charge in [-0.2, -0.15) is 0 Å². The Balaban J connectivity index is 2.06. The van der Waals surface area contributed by atoms with Crippen LogP contribution in [0.1, 0.15) is 39.2 Å². The van der Waals surface area contributed by atoms with Crippen LogP contribution in [0, 0.1) is 5.92 Å². The van der Waals surface area contributed by atoms with E-state index in [2.05, 4.69) is 67.8 Å². The zero-order chi connectivity index (χ0) is 14.8. The van der Waals surface area contributed by atoms with E-state index in [-0.39, 0.29) is 0 Å². The predicted octanol–water partition coefficient (Wildman–Crippen LogP) is 5.79. The molecule has 0 saturated heterocycles. The molecule has 1 unspecified atom stereocenters. The third kappa shape index (κ3) is 2.57. The molecule has 0 saturated carbocycles. The number of rotatable bonds is 5. The molecule has 3 rings (SSSR count). The van der Waals surface area contributed by atoms with Crippen molar-refractivity contribution in [2.75, 3.05) is 0 Å². The molecule has 0 bridgehead atoms.